The standard InChI is InChI=1S/C13H18N4O2S/c1-3-14-11-12(17-9-5-4-6-10(17)15-11)20(18,19)16-13(2)7-8-13/h4-6,9,14,16H,3,7-8H2,1-2H3. The molecule has 0 saturated heterocycles. The predicted molar refractivity (Wildman–Crippen MR) is 77.3 cm³/mol. The summed E-state index contributed by atoms with van der Waals surface area (Å²) in [4.78, 5) is 4.35. The van der Waals surface area contributed by atoms with Gasteiger partial charge in [-0.15, -0.1) is 0 Å². The maximum atomic E-state index is 12.6. The van der Waals surface area contributed by atoms with Crippen LogP contribution in [0.4, 0.5) is 5.82 Å². The van der Waals surface area contributed by atoms with E-state index in [1.165, 1.54) is 0 Å². The summed E-state index contributed by atoms with van der Waals surface area (Å²) >= 11 is 0. The van der Waals surface area contributed by atoms with Gasteiger partial charge in [-0.05, 0) is 38.8 Å². The molecular formula is C13H18N4O2S. The lowest BCUT2D eigenvalue weighted by Crippen LogP contribution is -2.35. The first-order valence-electron chi connectivity index (χ1n) is 6.70. The Labute approximate surface area is 118 Å². The van der Waals surface area contributed by atoms with Gasteiger partial charge in [0.15, 0.2) is 10.8 Å². The van der Waals surface area contributed by atoms with Gasteiger partial charge in [0, 0.05) is 18.3 Å². The minimum Gasteiger partial charge on any atom is -0.368 e. The quantitative estimate of drug-likeness (QED) is 0.878. The van der Waals surface area contributed by atoms with E-state index in [9.17, 15) is 8.42 Å². The Balaban J connectivity index is 2.15. The van der Waals surface area contributed by atoms with Crippen LogP contribution in [0.15, 0.2) is 29.4 Å². The number of fused-ring (bicyclic) bond motifs is 1. The molecule has 108 valence electrons. The first-order chi connectivity index (χ1) is 9.45. The molecule has 0 spiro atoms. The highest BCUT2D eigenvalue weighted by Gasteiger charge is 2.42. The number of nitrogens with one attached hydrogen (secondary N) is 2. The van der Waals surface area contributed by atoms with Gasteiger partial charge in [0.2, 0.25) is 0 Å². The molecule has 0 aliphatic heterocycles. The van der Waals surface area contributed by atoms with Crippen molar-refractivity contribution in [3.8, 4) is 0 Å². The third kappa shape index (κ3) is 2.27. The van der Waals surface area contributed by atoms with Crippen molar-refractivity contribution in [3.05, 3.63) is 24.4 Å². The highest BCUT2D eigenvalue weighted by molar-refractivity contribution is 7.89. The first kappa shape index (κ1) is 13.4. The molecule has 7 heteroatoms. The van der Waals surface area contributed by atoms with Crippen molar-refractivity contribution < 1.29 is 8.42 Å². The van der Waals surface area contributed by atoms with Crippen LogP contribution in [0.1, 0.15) is 26.7 Å². The third-order valence-electron chi connectivity index (χ3n) is 3.47. The average Bonchev–Trinajstić information content (AvgIpc) is 2.96. The molecule has 1 aliphatic carbocycles. The van der Waals surface area contributed by atoms with E-state index >= 15 is 0 Å². The zero-order chi connectivity index (χ0) is 14.4. The molecule has 0 radical (unpaired) electrons. The molecule has 2 N–H and O–H groups in total. The molecule has 2 aromatic heterocycles. The fourth-order valence-electron chi connectivity index (χ4n) is 2.17. The molecule has 0 bridgehead atoms. The molecule has 6 nitrogen and oxygen atoms in total. The number of hydrogen-bond donors (Lipinski definition) is 2. The van der Waals surface area contributed by atoms with E-state index in [-0.39, 0.29) is 10.6 Å². The Morgan fingerprint density at radius 3 is 2.80 bits per heavy atom. The highest BCUT2D eigenvalue weighted by atomic mass is 32.2. The Bertz CT molecular complexity index is 747. The van der Waals surface area contributed by atoms with Gasteiger partial charge in [-0.25, -0.2) is 18.1 Å². The van der Waals surface area contributed by atoms with Gasteiger partial charge in [-0.2, -0.15) is 0 Å². The normalized spacial score (nSPS) is 17.3. The summed E-state index contributed by atoms with van der Waals surface area (Å²) in [5.74, 6) is 0.399. The summed E-state index contributed by atoms with van der Waals surface area (Å²) in [6.07, 6.45) is 3.46. The molecule has 0 aromatic carbocycles. The molecule has 3 rings (SSSR count). The molecule has 0 atom stereocenters. The number of nitrogens with zero attached hydrogens (tertiary/aromatic N) is 2. The third-order valence-corrected chi connectivity index (χ3v) is 5.13. The van der Waals surface area contributed by atoms with Gasteiger partial charge >= 0.3 is 0 Å². The number of imidazole rings is 1. The second kappa shape index (κ2) is 4.46. The van der Waals surface area contributed by atoms with Crippen molar-refractivity contribution in [3.63, 3.8) is 0 Å². The second-order valence-corrected chi connectivity index (χ2v) is 6.99. The maximum absolute atomic E-state index is 12.6. The molecular weight excluding hydrogens is 276 g/mol. The van der Waals surface area contributed by atoms with Gasteiger partial charge < -0.3 is 5.32 Å². The monoisotopic (exact) mass is 294 g/mol. The van der Waals surface area contributed by atoms with E-state index in [0.717, 1.165) is 12.8 Å². The van der Waals surface area contributed by atoms with Crippen LogP contribution in [-0.2, 0) is 10.0 Å². The molecule has 1 saturated carbocycles. The van der Waals surface area contributed by atoms with Gasteiger partial charge in [-0.1, -0.05) is 6.07 Å². The second-order valence-electron chi connectivity index (χ2n) is 5.39. The molecule has 1 fully saturated rings. The van der Waals surface area contributed by atoms with Crippen LogP contribution in [0.3, 0.4) is 0 Å². The van der Waals surface area contributed by atoms with E-state index in [2.05, 4.69) is 15.0 Å². The summed E-state index contributed by atoms with van der Waals surface area (Å²) in [6, 6.07) is 5.42. The summed E-state index contributed by atoms with van der Waals surface area (Å²) in [5.41, 5.74) is 0.311. The number of anilines is 1. The molecule has 1 aliphatic rings. The van der Waals surface area contributed by atoms with Crippen LogP contribution in [0, 0.1) is 0 Å². The summed E-state index contributed by atoms with van der Waals surface area (Å²) < 4.78 is 29.7. The van der Waals surface area contributed by atoms with Crippen LogP contribution >= 0.6 is 0 Å². The van der Waals surface area contributed by atoms with Crippen LogP contribution in [0.5, 0.6) is 0 Å². The largest absolute Gasteiger partial charge is 0.368 e. The minimum atomic E-state index is -3.60. The summed E-state index contributed by atoms with van der Waals surface area (Å²) in [6.45, 7) is 4.44. The van der Waals surface area contributed by atoms with Crippen LogP contribution in [-0.4, -0.2) is 29.9 Å². The van der Waals surface area contributed by atoms with Crippen molar-refractivity contribution in [2.24, 2.45) is 0 Å². The van der Waals surface area contributed by atoms with Crippen molar-refractivity contribution in [2.45, 2.75) is 37.3 Å². The van der Waals surface area contributed by atoms with Crippen LogP contribution in [0.2, 0.25) is 0 Å². The average molecular weight is 294 g/mol. The Morgan fingerprint density at radius 1 is 1.40 bits per heavy atom. The number of aromatic nitrogens is 2. The van der Waals surface area contributed by atoms with Crippen molar-refractivity contribution in [2.75, 3.05) is 11.9 Å². The van der Waals surface area contributed by atoms with Crippen molar-refractivity contribution >= 4 is 21.5 Å². The fourth-order valence-corrected chi connectivity index (χ4v) is 3.91. The van der Waals surface area contributed by atoms with E-state index in [0.29, 0.717) is 18.0 Å². The highest BCUT2D eigenvalue weighted by Crippen LogP contribution is 2.36. The van der Waals surface area contributed by atoms with E-state index in [1.54, 1.807) is 22.7 Å². The molecule has 2 aromatic rings. The maximum Gasteiger partial charge on any atom is 0.260 e. The topological polar surface area (TPSA) is 75.5 Å². The fraction of sp³-hybridized carbons (Fsp3) is 0.462. The molecule has 0 amide bonds. The minimum absolute atomic E-state index is 0.183. The van der Waals surface area contributed by atoms with Crippen LogP contribution < -0.4 is 10.0 Å². The number of sulfonamides is 1. The first-order valence-corrected chi connectivity index (χ1v) is 8.18. The zero-order valence-electron chi connectivity index (χ0n) is 11.5. The SMILES string of the molecule is CCNc1nc2ccccn2c1S(=O)(=O)NC1(C)CC1. The summed E-state index contributed by atoms with van der Waals surface area (Å²) in [5, 5.41) is 3.21. The van der Waals surface area contributed by atoms with Gasteiger partial charge in [-0.3, -0.25) is 4.40 Å². The van der Waals surface area contributed by atoms with Gasteiger partial charge in [0.05, 0.1) is 0 Å². The van der Waals surface area contributed by atoms with E-state index < -0.39 is 10.0 Å². The lowest BCUT2D eigenvalue weighted by molar-refractivity contribution is 0.554. The lowest BCUT2D eigenvalue weighted by atomic mass is 10.4. The molecule has 20 heavy (non-hydrogen) atoms. The van der Waals surface area contributed by atoms with E-state index in [1.807, 2.05) is 19.9 Å². The zero-order valence-corrected chi connectivity index (χ0v) is 12.4. The Morgan fingerprint density at radius 2 is 2.15 bits per heavy atom. The Hall–Kier alpha value is -1.60. The predicted octanol–water partition coefficient (Wildman–Crippen LogP) is 1.60. The summed E-state index contributed by atoms with van der Waals surface area (Å²) in [7, 11) is -3.60. The number of pyridine rings is 1. The van der Waals surface area contributed by atoms with Gasteiger partial charge in [0.25, 0.3) is 10.0 Å². The molecule has 2 heterocycles. The smallest absolute Gasteiger partial charge is 0.260 e. The molecule has 0 unspecified atom stereocenters. The van der Waals surface area contributed by atoms with E-state index in [4.69, 9.17) is 0 Å². The van der Waals surface area contributed by atoms with Crippen molar-refractivity contribution in [1.82, 2.24) is 14.1 Å². The van der Waals surface area contributed by atoms with Crippen molar-refractivity contribution in [1.29, 1.82) is 0 Å². The van der Waals surface area contributed by atoms with Crippen LogP contribution in [0.25, 0.3) is 5.65 Å². The lowest BCUT2D eigenvalue weighted by Gasteiger charge is -2.13. The Kier molecular flexibility index (Phi) is 2.98. The van der Waals surface area contributed by atoms with Gasteiger partial charge in [0.1, 0.15) is 5.65 Å². The number of hydrogen-bond acceptors (Lipinski definition) is 4. The number of rotatable bonds is 5.